The molecule has 1 aliphatic heterocycles. The molecule has 0 spiro atoms. The zero-order valence-electron chi connectivity index (χ0n) is 13.5. The van der Waals surface area contributed by atoms with E-state index in [1.807, 2.05) is 30.3 Å². The van der Waals surface area contributed by atoms with Crippen LogP contribution in [0.3, 0.4) is 0 Å². The molecule has 1 aliphatic rings. The largest absolute Gasteiger partial charge is 0.422 e. The van der Waals surface area contributed by atoms with Gasteiger partial charge < -0.3 is 19.1 Å². The summed E-state index contributed by atoms with van der Waals surface area (Å²) in [5.74, 6) is 1.08. The second-order valence-electron chi connectivity index (χ2n) is 5.89. The Morgan fingerprint density at radius 2 is 2.20 bits per heavy atom. The number of imidazole rings is 1. The summed E-state index contributed by atoms with van der Waals surface area (Å²) < 4.78 is 10.9. The predicted octanol–water partition coefficient (Wildman–Crippen LogP) is 2.60. The number of aromatic amines is 1. The Labute approximate surface area is 143 Å². The minimum absolute atomic E-state index is 0.00115. The van der Waals surface area contributed by atoms with E-state index in [1.165, 1.54) is 12.5 Å². The number of carbonyl (C=O) groups is 1. The fraction of sp³-hybridized carbons (Fsp3) is 0.294. The number of likely N-dealkylation sites (tertiary alicyclic amines) is 1. The van der Waals surface area contributed by atoms with E-state index >= 15 is 0 Å². The highest BCUT2D eigenvalue weighted by Crippen LogP contribution is 2.28. The zero-order valence-corrected chi connectivity index (χ0v) is 13.5. The van der Waals surface area contributed by atoms with Crippen molar-refractivity contribution >= 4 is 5.91 Å². The summed E-state index contributed by atoms with van der Waals surface area (Å²) in [5.41, 5.74) is 0.485. The Hall–Kier alpha value is -3.16. The van der Waals surface area contributed by atoms with E-state index in [0.29, 0.717) is 30.4 Å². The number of hydrogen-bond acceptors (Lipinski definition) is 6. The Balaban J connectivity index is 1.44. The van der Waals surface area contributed by atoms with Crippen molar-refractivity contribution in [3.63, 3.8) is 0 Å². The molecule has 1 N–H and O–H groups in total. The number of aromatic nitrogens is 4. The lowest BCUT2D eigenvalue weighted by Gasteiger charge is -2.30. The standard InChI is InChI=1S/C17H17N5O3/c23-16(14-9-18-11-19-14)22-8-4-5-12(10-22)15-20-17(21-25-15)24-13-6-2-1-3-7-13/h1-3,6-7,9,11-12H,4-5,8,10H2,(H,18,19). The maximum Gasteiger partial charge on any atom is 0.359 e. The van der Waals surface area contributed by atoms with Crippen LogP contribution < -0.4 is 4.74 Å². The van der Waals surface area contributed by atoms with Crippen LogP contribution in [0.4, 0.5) is 0 Å². The van der Waals surface area contributed by atoms with Crippen molar-refractivity contribution in [2.24, 2.45) is 0 Å². The Morgan fingerprint density at radius 1 is 1.32 bits per heavy atom. The molecule has 3 aromatic rings. The number of rotatable bonds is 4. The molecule has 0 radical (unpaired) electrons. The Bertz CT molecular complexity index is 831. The van der Waals surface area contributed by atoms with Crippen LogP contribution in [0.1, 0.15) is 35.1 Å². The lowest BCUT2D eigenvalue weighted by Crippen LogP contribution is -2.39. The molecule has 3 heterocycles. The van der Waals surface area contributed by atoms with Gasteiger partial charge in [-0.3, -0.25) is 4.79 Å². The molecule has 1 saturated heterocycles. The Kier molecular flexibility index (Phi) is 4.16. The molecular formula is C17H17N5O3. The summed E-state index contributed by atoms with van der Waals surface area (Å²) in [7, 11) is 0. The van der Waals surface area contributed by atoms with Crippen molar-refractivity contribution < 1.29 is 14.1 Å². The van der Waals surface area contributed by atoms with Crippen LogP contribution in [0.2, 0.25) is 0 Å². The van der Waals surface area contributed by atoms with Gasteiger partial charge in [0.15, 0.2) is 0 Å². The minimum atomic E-state index is -0.0672. The van der Waals surface area contributed by atoms with E-state index < -0.39 is 0 Å². The molecule has 8 heteroatoms. The molecule has 1 aromatic carbocycles. The quantitative estimate of drug-likeness (QED) is 0.785. The molecule has 1 fully saturated rings. The fourth-order valence-electron chi connectivity index (χ4n) is 2.93. The van der Waals surface area contributed by atoms with Crippen LogP contribution in [0.25, 0.3) is 0 Å². The van der Waals surface area contributed by atoms with Gasteiger partial charge >= 0.3 is 6.01 Å². The van der Waals surface area contributed by atoms with Gasteiger partial charge in [-0.05, 0) is 30.1 Å². The molecule has 8 nitrogen and oxygen atoms in total. The van der Waals surface area contributed by atoms with E-state index in [2.05, 4.69) is 20.1 Å². The average molecular weight is 339 g/mol. The van der Waals surface area contributed by atoms with Crippen molar-refractivity contribution in [2.45, 2.75) is 18.8 Å². The van der Waals surface area contributed by atoms with Gasteiger partial charge in [0.05, 0.1) is 18.4 Å². The fourth-order valence-corrected chi connectivity index (χ4v) is 2.93. The zero-order chi connectivity index (χ0) is 17.1. The maximum absolute atomic E-state index is 12.4. The summed E-state index contributed by atoms with van der Waals surface area (Å²) in [6.45, 7) is 1.24. The van der Waals surface area contributed by atoms with Gasteiger partial charge in [0, 0.05) is 13.1 Å². The number of amides is 1. The molecule has 1 unspecified atom stereocenters. The summed E-state index contributed by atoms with van der Waals surface area (Å²) in [6, 6.07) is 9.47. The van der Waals surface area contributed by atoms with Gasteiger partial charge in [-0.1, -0.05) is 18.2 Å². The maximum atomic E-state index is 12.4. The monoisotopic (exact) mass is 339 g/mol. The molecule has 1 amide bonds. The molecule has 0 aliphatic carbocycles. The van der Waals surface area contributed by atoms with Crippen molar-refractivity contribution in [3.05, 3.63) is 54.4 Å². The Morgan fingerprint density at radius 3 is 3.00 bits per heavy atom. The van der Waals surface area contributed by atoms with Crippen LogP contribution in [-0.2, 0) is 0 Å². The van der Waals surface area contributed by atoms with E-state index in [-0.39, 0.29) is 17.8 Å². The topological polar surface area (TPSA) is 97.1 Å². The van der Waals surface area contributed by atoms with Crippen molar-refractivity contribution in [1.82, 2.24) is 25.0 Å². The van der Waals surface area contributed by atoms with E-state index in [1.54, 1.807) is 4.90 Å². The first kappa shape index (κ1) is 15.4. The summed E-state index contributed by atoms with van der Waals surface area (Å²) in [4.78, 5) is 25.3. The van der Waals surface area contributed by atoms with Crippen molar-refractivity contribution in [1.29, 1.82) is 0 Å². The van der Waals surface area contributed by atoms with Crippen LogP contribution >= 0.6 is 0 Å². The van der Waals surface area contributed by atoms with Crippen LogP contribution in [0.15, 0.2) is 47.4 Å². The molecule has 128 valence electrons. The third kappa shape index (κ3) is 3.37. The lowest BCUT2D eigenvalue weighted by molar-refractivity contribution is 0.0690. The highest BCUT2D eigenvalue weighted by molar-refractivity contribution is 5.92. The highest BCUT2D eigenvalue weighted by atomic mass is 16.6. The van der Waals surface area contributed by atoms with Crippen LogP contribution in [0, 0.1) is 0 Å². The number of nitrogens with one attached hydrogen (secondary N) is 1. The van der Waals surface area contributed by atoms with Gasteiger partial charge in [0.25, 0.3) is 5.91 Å². The first-order valence-corrected chi connectivity index (χ1v) is 8.14. The van der Waals surface area contributed by atoms with E-state index in [4.69, 9.17) is 9.26 Å². The summed E-state index contributed by atoms with van der Waals surface area (Å²) >= 11 is 0. The minimum Gasteiger partial charge on any atom is -0.422 e. The normalized spacial score (nSPS) is 17.4. The number of hydrogen-bond donors (Lipinski definition) is 1. The van der Waals surface area contributed by atoms with Crippen molar-refractivity contribution in [3.8, 4) is 11.8 Å². The SMILES string of the molecule is O=C(c1cnc[nH]1)N1CCCC(c2nc(Oc3ccccc3)no2)C1. The number of benzene rings is 1. The van der Waals surface area contributed by atoms with Gasteiger partial charge in [-0.25, -0.2) is 4.98 Å². The first-order valence-electron chi connectivity index (χ1n) is 8.14. The third-order valence-electron chi connectivity index (χ3n) is 4.16. The molecule has 0 saturated carbocycles. The van der Waals surface area contributed by atoms with Gasteiger partial charge in [0.2, 0.25) is 5.89 Å². The lowest BCUT2D eigenvalue weighted by atomic mass is 9.98. The summed E-state index contributed by atoms with van der Waals surface area (Å²) in [5, 5.41) is 3.88. The molecule has 1 atom stereocenters. The summed E-state index contributed by atoms with van der Waals surface area (Å²) in [6.07, 6.45) is 4.80. The van der Waals surface area contributed by atoms with Crippen LogP contribution in [-0.4, -0.2) is 44.0 Å². The number of nitrogens with zero attached hydrogens (tertiary/aromatic N) is 4. The van der Waals surface area contributed by atoms with Gasteiger partial charge in [-0.15, -0.1) is 0 Å². The van der Waals surface area contributed by atoms with Crippen LogP contribution in [0.5, 0.6) is 11.8 Å². The molecule has 4 rings (SSSR count). The highest BCUT2D eigenvalue weighted by Gasteiger charge is 2.29. The number of ether oxygens (including phenoxy) is 1. The predicted molar refractivity (Wildman–Crippen MR) is 87.3 cm³/mol. The molecular weight excluding hydrogens is 322 g/mol. The first-order chi connectivity index (χ1) is 12.3. The number of carbonyl (C=O) groups excluding carboxylic acids is 1. The number of H-pyrrole nitrogens is 1. The van der Waals surface area contributed by atoms with Crippen molar-refractivity contribution in [2.75, 3.05) is 13.1 Å². The second kappa shape index (κ2) is 6.76. The van der Waals surface area contributed by atoms with Gasteiger partial charge in [0.1, 0.15) is 11.4 Å². The molecule has 25 heavy (non-hydrogen) atoms. The number of para-hydroxylation sites is 1. The molecule has 0 bridgehead atoms. The van der Waals surface area contributed by atoms with E-state index in [9.17, 15) is 4.79 Å². The smallest absolute Gasteiger partial charge is 0.359 e. The van der Waals surface area contributed by atoms with E-state index in [0.717, 1.165) is 12.8 Å². The van der Waals surface area contributed by atoms with Gasteiger partial charge in [-0.2, -0.15) is 4.98 Å². The third-order valence-corrected chi connectivity index (χ3v) is 4.16. The number of piperidine rings is 1. The second-order valence-corrected chi connectivity index (χ2v) is 5.89. The molecule has 2 aromatic heterocycles. The average Bonchev–Trinajstić information content (AvgIpc) is 3.34.